The van der Waals surface area contributed by atoms with Gasteiger partial charge in [0.1, 0.15) is 0 Å². The second-order valence-corrected chi connectivity index (χ2v) is 3.57. The summed E-state index contributed by atoms with van der Waals surface area (Å²) in [6.07, 6.45) is 3.39. The first-order chi connectivity index (χ1) is 6.08. The molecule has 0 aromatic carbocycles. The van der Waals surface area contributed by atoms with Crippen LogP contribution >= 0.6 is 0 Å². The minimum Gasteiger partial charge on any atom is -0.478 e. The second kappa shape index (κ2) is 3.77. The van der Waals surface area contributed by atoms with Crippen LogP contribution in [0.5, 0.6) is 0 Å². The molecule has 0 saturated carbocycles. The molecule has 4 heteroatoms. The zero-order chi connectivity index (χ0) is 9.90. The van der Waals surface area contributed by atoms with Gasteiger partial charge in [-0.1, -0.05) is 18.5 Å². The van der Waals surface area contributed by atoms with Gasteiger partial charge in [0.15, 0.2) is 0 Å². The van der Waals surface area contributed by atoms with Crippen molar-refractivity contribution in [2.75, 3.05) is 0 Å². The molecule has 1 unspecified atom stereocenters. The van der Waals surface area contributed by atoms with Crippen LogP contribution in [0.4, 0.5) is 0 Å². The molecule has 1 heterocycles. The summed E-state index contributed by atoms with van der Waals surface area (Å²) in [5.41, 5.74) is -0.255. The number of carboxylic acids is 1. The van der Waals surface area contributed by atoms with E-state index in [-0.39, 0.29) is 0 Å². The normalized spacial score (nSPS) is 26.8. The molecule has 0 aromatic heterocycles. The highest BCUT2D eigenvalue weighted by Crippen LogP contribution is 2.25. The van der Waals surface area contributed by atoms with Crippen LogP contribution in [0.1, 0.15) is 39.5 Å². The molecule has 1 aliphatic rings. The Balaban J connectivity index is 2.45. The van der Waals surface area contributed by atoms with Gasteiger partial charge < -0.3 is 9.94 Å². The molecule has 0 bridgehead atoms. The van der Waals surface area contributed by atoms with Gasteiger partial charge in [0.05, 0.1) is 5.71 Å². The summed E-state index contributed by atoms with van der Waals surface area (Å²) in [6.45, 7) is 3.64. The number of unbranched alkanes of at least 4 members (excludes halogenated alkanes) is 1. The van der Waals surface area contributed by atoms with Gasteiger partial charge in [0.25, 0.3) is 0 Å². The van der Waals surface area contributed by atoms with Crippen molar-refractivity contribution in [1.82, 2.24) is 0 Å². The van der Waals surface area contributed by atoms with Gasteiger partial charge in [0.2, 0.25) is 5.60 Å². The maximum atomic E-state index is 10.7. The molecule has 0 aromatic rings. The number of hydrogen-bond acceptors (Lipinski definition) is 3. The summed E-state index contributed by atoms with van der Waals surface area (Å²) in [4.78, 5) is 15.6. The van der Waals surface area contributed by atoms with Crippen molar-refractivity contribution in [2.24, 2.45) is 5.16 Å². The Kier molecular flexibility index (Phi) is 2.90. The Hall–Kier alpha value is -1.06. The monoisotopic (exact) mass is 185 g/mol. The fraction of sp³-hybridized carbons (Fsp3) is 0.778. The highest BCUT2D eigenvalue weighted by atomic mass is 16.7. The lowest BCUT2D eigenvalue weighted by Gasteiger charge is -2.14. The van der Waals surface area contributed by atoms with Gasteiger partial charge in [-0.05, 0) is 19.8 Å². The summed E-state index contributed by atoms with van der Waals surface area (Å²) in [6, 6.07) is 0. The van der Waals surface area contributed by atoms with Crippen LogP contribution in [0, 0.1) is 0 Å². The Bertz CT molecular complexity index is 237. The Morgan fingerprint density at radius 1 is 1.77 bits per heavy atom. The third-order valence-corrected chi connectivity index (χ3v) is 2.19. The highest BCUT2D eigenvalue weighted by molar-refractivity contribution is 5.92. The van der Waals surface area contributed by atoms with E-state index < -0.39 is 11.6 Å². The van der Waals surface area contributed by atoms with E-state index >= 15 is 0 Å². The third kappa shape index (κ3) is 2.20. The highest BCUT2D eigenvalue weighted by Gasteiger charge is 2.41. The van der Waals surface area contributed by atoms with E-state index in [1.165, 1.54) is 0 Å². The number of carbonyl (C=O) groups is 1. The zero-order valence-electron chi connectivity index (χ0n) is 8.04. The molecule has 0 amide bonds. The predicted molar refractivity (Wildman–Crippen MR) is 48.7 cm³/mol. The molecule has 4 nitrogen and oxygen atoms in total. The number of aliphatic carboxylic acids is 1. The SMILES string of the molecule is CCCCC1=NOC(C)(C(=O)O)C1. The van der Waals surface area contributed by atoms with Crippen molar-refractivity contribution >= 4 is 11.7 Å². The van der Waals surface area contributed by atoms with E-state index in [1.54, 1.807) is 6.92 Å². The summed E-state index contributed by atoms with van der Waals surface area (Å²) >= 11 is 0. The number of oxime groups is 1. The fourth-order valence-corrected chi connectivity index (χ4v) is 1.25. The van der Waals surface area contributed by atoms with E-state index in [0.29, 0.717) is 6.42 Å². The van der Waals surface area contributed by atoms with Crippen LogP contribution < -0.4 is 0 Å². The minimum absolute atomic E-state index is 0.419. The number of carboxylic acid groups (broad SMARTS) is 1. The molecular weight excluding hydrogens is 170 g/mol. The van der Waals surface area contributed by atoms with E-state index in [0.717, 1.165) is 25.0 Å². The lowest BCUT2D eigenvalue weighted by Crippen LogP contribution is -2.35. The molecule has 0 fully saturated rings. The van der Waals surface area contributed by atoms with Crippen LogP contribution in [0.15, 0.2) is 5.16 Å². The Morgan fingerprint density at radius 3 is 2.92 bits per heavy atom. The Morgan fingerprint density at radius 2 is 2.46 bits per heavy atom. The maximum Gasteiger partial charge on any atom is 0.351 e. The summed E-state index contributed by atoms with van der Waals surface area (Å²) < 4.78 is 0. The van der Waals surface area contributed by atoms with Gasteiger partial charge in [-0.2, -0.15) is 0 Å². The minimum atomic E-state index is -1.12. The van der Waals surface area contributed by atoms with Crippen LogP contribution in [-0.4, -0.2) is 22.4 Å². The maximum absolute atomic E-state index is 10.7. The molecule has 0 radical (unpaired) electrons. The van der Waals surface area contributed by atoms with E-state index in [2.05, 4.69) is 12.1 Å². The van der Waals surface area contributed by atoms with Gasteiger partial charge in [-0.3, -0.25) is 0 Å². The standard InChI is InChI=1S/C9H15NO3/c1-3-4-5-7-6-9(2,8(11)12)13-10-7/h3-6H2,1-2H3,(H,11,12). The smallest absolute Gasteiger partial charge is 0.351 e. The quantitative estimate of drug-likeness (QED) is 0.726. The molecule has 74 valence electrons. The van der Waals surface area contributed by atoms with Crippen molar-refractivity contribution < 1.29 is 14.7 Å². The molecule has 13 heavy (non-hydrogen) atoms. The third-order valence-electron chi connectivity index (χ3n) is 2.19. The first kappa shape index (κ1) is 10.0. The molecule has 1 atom stereocenters. The molecular formula is C9H15NO3. The van der Waals surface area contributed by atoms with Crippen molar-refractivity contribution in [3.63, 3.8) is 0 Å². The van der Waals surface area contributed by atoms with Crippen LogP contribution in [0.2, 0.25) is 0 Å². The number of rotatable bonds is 4. The van der Waals surface area contributed by atoms with E-state index in [4.69, 9.17) is 9.94 Å². The van der Waals surface area contributed by atoms with Crippen LogP contribution in [0.25, 0.3) is 0 Å². The predicted octanol–water partition coefficient (Wildman–Crippen LogP) is 1.80. The summed E-state index contributed by atoms with van der Waals surface area (Å²) in [7, 11) is 0. The Labute approximate surface area is 77.6 Å². The van der Waals surface area contributed by atoms with Gasteiger partial charge in [-0.15, -0.1) is 0 Å². The zero-order valence-corrected chi connectivity index (χ0v) is 8.04. The first-order valence-corrected chi connectivity index (χ1v) is 4.56. The van der Waals surface area contributed by atoms with Gasteiger partial charge in [-0.25, -0.2) is 4.79 Å². The van der Waals surface area contributed by atoms with Gasteiger partial charge >= 0.3 is 5.97 Å². The molecule has 1 N–H and O–H groups in total. The average molecular weight is 185 g/mol. The largest absolute Gasteiger partial charge is 0.478 e. The summed E-state index contributed by atoms with van der Waals surface area (Å²) in [5, 5.41) is 12.6. The molecule has 0 saturated heterocycles. The molecule has 0 spiro atoms. The number of nitrogens with zero attached hydrogens (tertiary/aromatic N) is 1. The average Bonchev–Trinajstić information content (AvgIpc) is 2.45. The number of hydrogen-bond donors (Lipinski definition) is 1. The second-order valence-electron chi connectivity index (χ2n) is 3.57. The van der Waals surface area contributed by atoms with Crippen LogP contribution in [0.3, 0.4) is 0 Å². The summed E-state index contributed by atoms with van der Waals surface area (Å²) in [5.74, 6) is -0.942. The van der Waals surface area contributed by atoms with Crippen molar-refractivity contribution in [1.29, 1.82) is 0 Å². The van der Waals surface area contributed by atoms with Crippen molar-refractivity contribution in [2.45, 2.75) is 45.1 Å². The lowest BCUT2D eigenvalue weighted by atomic mass is 9.98. The van der Waals surface area contributed by atoms with Crippen LogP contribution in [-0.2, 0) is 9.63 Å². The van der Waals surface area contributed by atoms with Crippen molar-refractivity contribution in [3.8, 4) is 0 Å². The fourth-order valence-electron chi connectivity index (χ4n) is 1.25. The molecule has 1 aliphatic heterocycles. The van der Waals surface area contributed by atoms with Crippen molar-refractivity contribution in [3.05, 3.63) is 0 Å². The lowest BCUT2D eigenvalue weighted by molar-refractivity contribution is -0.160. The first-order valence-electron chi connectivity index (χ1n) is 4.56. The molecule has 0 aliphatic carbocycles. The topological polar surface area (TPSA) is 58.9 Å². The molecule has 1 rings (SSSR count). The van der Waals surface area contributed by atoms with E-state index in [1.807, 2.05) is 0 Å². The van der Waals surface area contributed by atoms with E-state index in [9.17, 15) is 4.79 Å². The van der Waals surface area contributed by atoms with Gasteiger partial charge in [0, 0.05) is 6.42 Å².